The summed E-state index contributed by atoms with van der Waals surface area (Å²) in [5.74, 6) is -0.0570. The number of aliphatic carboxylic acids is 1. The summed E-state index contributed by atoms with van der Waals surface area (Å²) < 4.78 is 0. The lowest BCUT2D eigenvalue weighted by Gasteiger charge is -2.37. The van der Waals surface area contributed by atoms with E-state index in [-0.39, 0.29) is 0 Å². The van der Waals surface area contributed by atoms with Crippen LogP contribution >= 0.6 is 0 Å². The monoisotopic (exact) mass is 412 g/mol. The van der Waals surface area contributed by atoms with E-state index in [1.165, 1.54) is 5.69 Å². The van der Waals surface area contributed by atoms with Gasteiger partial charge in [0.2, 0.25) is 0 Å². The molecule has 1 aliphatic heterocycles. The minimum Gasteiger partial charge on any atom is -0.480 e. The van der Waals surface area contributed by atoms with E-state index in [1.54, 1.807) is 18.3 Å². The maximum Gasteiger partial charge on any atom is 0.318 e. The van der Waals surface area contributed by atoms with Crippen LogP contribution in [0.3, 0.4) is 0 Å². The average Bonchev–Trinajstić information content (AvgIpc) is 2.84. The molecule has 0 saturated carbocycles. The van der Waals surface area contributed by atoms with Gasteiger partial charge in [0.15, 0.2) is 0 Å². The standard InChI is InChI=1S/C25H24N4O2/c30-24(31)25(19-7-3-1-4-8-19)12-11-21-22(17-25)27-23(18-26-21)29-15-13-28(14-16-29)20-9-5-2-6-10-20/h1-12,18H,13-17H2,(H,30,31). The van der Waals surface area contributed by atoms with E-state index in [0.29, 0.717) is 6.42 Å². The maximum atomic E-state index is 12.3. The zero-order valence-electron chi connectivity index (χ0n) is 17.2. The number of aromatic nitrogens is 2. The first-order chi connectivity index (χ1) is 15.2. The number of hydrogen-bond donors (Lipinski definition) is 1. The van der Waals surface area contributed by atoms with Crippen LogP contribution in [-0.4, -0.2) is 47.2 Å². The Balaban J connectivity index is 1.38. The van der Waals surface area contributed by atoms with Crippen LogP contribution in [-0.2, 0) is 16.6 Å². The van der Waals surface area contributed by atoms with E-state index in [1.807, 2.05) is 36.4 Å². The highest BCUT2D eigenvalue weighted by molar-refractivity contribution is 5.87. The summed E-state index contributed by atoms with van der Waals surface area (Å²) >= 11 is 0. The van der Waals surface area contributed by atoms with Crippen LogP contribution in [0.25, 0.3) is 6.08 Å². The number of para-hydroxylation sites is 1. The fraction of sp³-hybridized carbons (Fsp3) is 0.240. The van der Waals surface area contributed by atoms with Gasteiger partial charge in [0.25, 0.3) is 0 Å². The molecule has 1 aliphatic carbocycles. The minimum absolute atomic E-state index is 0.295. The Morgan fingerprint density at radius 3 is 2.23 bits per heavy atom. The Bertz CT molecular complexity index is 1110. The molecule has 2 aromatic carbocycles. The molecule has 2 heterocycles. The predicted octanol–water partition coefficient (Wildman–Crippen LogP) is 3.40. The lowest BCUT2D eigenvalue weighted by Crippen LogP contribution is -2.47. The molecule has 3 aromatic rings. The van der Waals surface area contributed by atoms with Crippen molar-refractivity contribution in [3.8, 4) is 0 Å². The molecule has 1 saturated heterocycles. The molecule has 5 rings (SSSR count). The number of carboxylic acid groups (broad SMARTS) is 1. The molecule has 1 N–H and O–H groups in total. The lowest BCUT2D eigenvalue weighted by atomic mass is 9.73. The van der Waals surface area contributed by atoms with E-state index in [4.69, 9.17) is 4.98 Å². The van der Waals surface area contributed by atoms with Gasteiger partial charge in [-0.15, -0.1) is 0 Å². The Labute approximate surface area is 181 Å². The molecule has 1 fully saturated rings. The van der Waals surface area contributed by atoms with E-state index < -0.39 is 11.4 Å². The van der Waals surface area contributed by atoms with Gasteiger partial charge in [0.1, 0.15) is 11.2 Å². The van der Waals surface area contributed by atoms with Crippen LogP contribution in [0.4, 0.5) is 11.5 Å². The van der Waals surface area contributed by atoms with Gasteiger partial charge < -0.3 is 14.9 Å². The van der Waals surface area contributed by atoms with Gasteiger partial charge in [-0.1, -0.05) is 54.6 Å². The first kappa shape index (κ1) is 19.3. The molecular weight excluding hydrogens is 388 g/mol. The number of carbonyl (C=O) groups is 1. The average molecular weight is 412 g/mol. The largest absolute Gasteiger partial charge is 0.480 e. The number of fused-ring (bicyclic) bond motifs is 1. The summed E-state index contributed by atoms with van der Waals surface area (Å²) in [7, 11) is 0. The first-order valence-electron chi connectivity index (χ1n) is 10.5. The van der Waals surface area contributed by atoms with Crippen molar-refractivity contribution < 1.29 is 9.90 Å². The third kappa shape index (κ3) is 3.54. The summed E-state index contributed by atoms with van der Waals surface area (Å²) in [6.07, 6.45) is 5.64. The molecule has 0 radical (unpaired) electrons. The van der Waals surface area contributed by atoms with Crippen molar-refractivity contribution in [3.63, 3.8) is 0 Å². The molecule has 2 aliphatic rings. The number of benzene rings is 2. The van der Waals surface area contributed by atoms with Gasteiger partial charge in [-0.05, 0) is 23.8 Å². The van der Waals surface area contributed by atoms with Gasteiger partial charge in [-0.2, -0.15) is 0 Å². The number of piperazine rings is 1. The van der Waals surface area contributed by atoms with Crippen molar-refractivity contribution in [2.45, 2.75) is 11.8 Å². The summed E-state index contributed by atoms with van der Waals surface area (Å²) in [6.45, 7) is 3.51. The third-order valence-electron chi connectivity index (χ3n) is 6.23. The summed E-state index contributed by atoms with van der Waals surface area (Å²) in [5.41, 5.74) is 2.36. The van der Waals surface area contributed by atoms with Crippen LogP contribution in [0, 0.1) is 0 Å². The van der Waals surface area contributed by atoms with Crippen molar-refractivity contribution >= 4 is 23.6 Å². The second kappa shape index (κ2) is 7.87. The van der Waals surface area contributed by atoms with E-state index in [0.717, 1.165) is 48.9 Å². The van der Waals surface area contributed by atoms with Gasteiger partial charge in [0.05, 0.1) is 17.6 Å². The van der Waals surface area contributed by atoms with Crippen LogP contribution in [0.1, 0.15) is 17.0 Å². The zero-order chi connectivity index (χ0) is 21.3. The second-order valence-electron chi connectivity index (χ2n) is 8.02. The topological polar surface area (TPSA) is 69.6 Å². The van der Waals surface area contributed by atoms with Crippen molar-refractivity contribution in [2.75, 3.05) is 36.0 Å². The highest BCUT2D eigenvalue weighted by atomic mass is 16.4. The number of rotatable bonds is 4. The molecule has 1 unspecified atom stereocenters. The molecule has 156 valence electrons. The Hall–Kier alpha value is -3.67. The molecule has 1 aromatic heterocycles. The molecule has 0 amide bonds. The predicted molar refractivity (Wildman–Crippen MR) is 121 cm³/mol. The fourth-order valence-corrected chi connectivity index (χ4v) is 4.43. The van der Waals surface area contributed by atoms with Crippen LogP contribution in [0.2, 0.25) is 0 Å². The van der Waals surface area contributed by atoms with Gasteiger partial charge in [0, 0.05) is 38.3 Å². The molecule has 1 atom stereocenters. The number of anilines is 2. The SMILES string of the molecule is O=C(O)C1(c2ccccc2)C=Cc2ncc(N3CCN(c4ccccc4)CC3)nc2C1. The molecule has 0 spiro atoms. The van der Waals surface area contributed by atoms with Gasteiger partial charge >= 0.3 is 5.97 Å². The van der Waals surface area contributed by atoms with Crippen LogP contribution in [0.15, 0.2) is 72.9 Å². The molecular formula is C25H24N4O2. The van der Waals surface area contributed by atoms with E-state index in [9.17, 15) is 9.90 Å². The van der Waals surface area contributed by atoms with Gasteiger partial charge in [-0.25, -0.2) is 4.98 Å². The minimum atomic E-state index is -1.12. The molecule has 6 heteroatoms. The zero-order valence-corrected chi connectivity index (χ0v) is 17.2. The van der Waals surface area contributed by atoms with Crippen molar-refractivity contribution in [1.82, 2.24) is 9.97 Å². The first-order valence-corrected chi connectivity index (χ1v) is 10.5. The third-order valence-corrected chi connectivity index (χ3v) is 6.23. The number of carboxylic acids is 1. The lowest BCUT2D eigenvalue weighted by molar-refractivity contribution is -0.141. The van der Waals surface area contributed by atoms with Crippen molar-refractivity contribution in [3.05, 3.63) is 89.9 Å². The Morgan fingerprint density at radius 1 is 0.903 bits per heavy atom. The van der Waals surface area contributed by atoms with Crippen molar-refractivity contribution in [1.29, 1.82) is 0 Å². The smallest absolute Gasteiger partial charge is 0.318 e. The molecule has 6 nitrogen and oxygen atoms in total. The molecule has 31 heavy (non-hydrogen) atoms. The van der Waals surface area contributed by atoms with Crippen molar-refractivity contribution in [2.24, 2.45) is 0 Å². The highest BCUT2D eigenvalue weighted by Crippen LogP contribution is 2.36. The van der Waals surface area contributed by atoms with E-state index in [2.05, 4.69) is 39.0 Å². The highest BCUT2D eigenvalue weighted by Gasteiger charge is 2.41. The van der Waals surface area contributed by atoms with E-state index >= 15 is 0 Å². The quantitative estimate of drug-likeness (QED) is 0.708. The normalized spacial score (nSPS) is 20.4. The Morgan fingerprint density at radius 2 is 1.55 bits per heavy atom. The second-order valence-corrected chi connectivity index (χ2v) is 8.02. The van der Waals surface area contributed by atoms with Crippen LogP contribution in [0.5, 0.6) is 0 Å². The summed E-state index contributed by atoms with van der Waals surface area (Å²) in [6, 6.07) is 19.8. The number of hydrogen-bond acceptors (Lipinski definition) is 5. The van der Waals surface area contributed by atoms with Gasteiger partial charge in [-0.3, -0.25) is 9.78 Å². The van der Waals surface area contributed by atoms with Crippen LogP contribution < -0.4 is 9.80 Å². The summed E-state index contributed by atoms with van der Waals surface area (Å²) in [4.78, 5) is 26.4. The fourth-order valence-electron chi connectivity index (χ4n) is 4.43. The summed E-state index contributed by atoms with van der Waals surface area (Å²) in [5, 5.41) is 10.1. The molecule has 0 bridgehead atoms. The maximum absolute atomic E-state index is 12.3. The number of nitrogens with zero attached hydrogens (tertiary/aromatic N) is 4. The Kier molecular flexibility index (Phi) is 4.90.